The van der Waals surface area contributed by atoms with Crippen molar-refractivity contribution in [1.29, 1.82) is 0 Å². The number of halogens is 1. The number of nitrogens with one attached hydrogen (secondary N) is 2. The zero-order valence-electron chi connectivity index (χ0n) is 13.1. The molecule has 2 aromatic rings. The fourth-order valence-electron chi connectivity index (χ4n) is 3.37. The third-order valence-electron chi connectivity index (χ3n) is 4.50. The highest BCUT2D eigenvalue weighted by Gasteiger charge is 2.56. The molecule has 0 aromatic heterocycles. The van der Waals surface area contributed by atoms with Gasteiger partial charge in [-0.2, -0.15) is 0 Å². The van der Waals surface area contributed by atoms with Crippen LogP contribution in [0.3, 0.4) is 0 Å². The fourth-order valence-corrected chi connectivity index (χ4v) is 3.56. The van der Waals surface area contributed by atoms with Crippen LogP contribution in [-0.4, -0.2) is 23.4 Å². The van der Waals surface area contributed by atoms with Crippen LogP contribution in [0.4, 0.5) is 11.4 Å². The predicted octanol–water partition coefficient (Wildman–Crippen LogP) is 2.55. The number of carbonyl (C=O) groups is 3. The third-order valence-corrected chi connectivity index (χ3v) is 4.73. The van der Waals surface area contributed by atoms with Crippen molar-refractivity contribution in [3.8, 4) is 0 Å². The summed E-state index contributed by atoms with van der Waals surface area (Å²) in [5, 5.41) is 5.97. The van der Waals surface area contributed by atoms with Crippen molar-refractivity contribution in [2.24, 2.45) is 0 Å². The van der Waals surface area contributed by atoms with Crippen molar-refractivity contribution in [1.82, 2.24) is 5.32 Å². The quantitative estimate of drug-likeness (QED) is 0.869. The number of benzene rings is 2. The minimum atomic E-state index is -1.43. The van der Waals surface area contributed by atoms with E-state index in [0.717, 1.165) is 0 Å². The summed E-state index contributed by atoms with van der Waals surface area (Å²) in [5.41, 5.74) is -0.0941. The highest BCUT2D eigenvalue weighted by molar-refractivity contribution is 6.31. The molecule has 6 nitrogen and oxygen atoms in total. The Morgan fingerprint density at radius 1 is 1.16 bits per heavy atom. The summed E-state index contributed by atoms with van der Waals surface area (Å²) in [6.07, 6.45) is 0.385. The van der Waals surface area contributed by atoms with E-state index in [2.05, 4.69) is 10.6 Å². The number of nitrogens with zero attached hydrogens (tertiary/aromatic N) is 1. The highest BCUT2D eigenvalue weighted by atomic mass is 35.5. The smallest absolute Gasteiger partial charge is 0.271 e. The number of rotatable bonds is 2. The van der Waals surface area contributed by atoms with Gasteiger partial charge in [-0.25, -0.2) is 0 Å². The maximum absolute atomic E-state index is 13.0. The summed E-state index contributed by atoms with van der Waals surface area (Å²) >= 11 is 5.95. The lowest BCUT2D eigenvalue weighted by atomic mass is 9.98. The van der Waals surface area contributed by atoms with E-state index in [1.54, 1.807) is 48.5 Å². The van der Waals surface area contributed by atoms with Crippen molar-refractivity contribution >= 4 is 40.7 Å². The third kappa shape index (κ3) is 2.37. The molecule has 0 radical (unpaired) electrons. The minimum Gasteiger partial charge on any atom is -0.322 e. The van der Waals surface area contributed by atoms with Gasteiger partial charge in [-0.3, -0.25) is 19.3 Å². The second-order valence-corrected chi connectivity index (χ2v) is 6.46. The molecule has 1 atom stereocenters. The van der Waals surface area contributed by atoms with Gasteiger partial charge in [0.2, 0.25) is 11.6 Å². The first-order chi connectivity index (χ1) is 12.0. The maximum atomic E-state index is 13.0. The van der Waals surface area contributed by atoms with Crippen molar-refractivity contribution < 1.29 is 14.4 Å². The average molecular weight is 356 g/mol. The molecule has 2 heterocycles. The van der Waals surface area contributed by atoms with E-state index in [4.69, 9.17) is 11.6 Å². The second kappa shape index (κ2) is 5.60. The van der Waals surface area contributed by atoms with E-state index in [-0.39, 0.29) is 24.7 Å². The summed E-state index contributed by atoms with van der Waals surface area (Å²) in [6, 6.07) is 13.5. The van der Waals surface area contributed by atoms with Crippen LogP contribution in [0.1, 0.15) is 23.2 Å². The molecular weight excluding hydrogens is 342 g/mol. The number of amides is 3. The molecule has 25 heavy (non-hydrogen) atoms. The van der Waals surface area contributed by atoms with Crippen molar-refractivity contribution in [3.63, 3.8) is 0 Å². The highest BCUT2D eigenvalue weighted by Crippen LogP contribution is 2.39. The normalized spacial score (nSPS) is 21.4. The Kier molecular flexibility index (Phi) is 3.51. The number of fused-ring (bicyclic) bond motifs is 3. The van der Waals surface area contributed by atoms with E-state index in [1.807, 2.05) is 0 Å². The Morgan fingerprint density at radius 3 is 2.76 bits per heavy atom. The monoisotopic (exact) mass is 355 g/mol. The molecule has 7 heteroatoms. The SMILES string of the molecule is O=C1N[C@@]2(C(=O)Nc3cccc(Cl)c3)CCC(=O)N2c2ccccc21. The summed E-state index contributed by atoms with van der Waals surface area (Å²) in [5.74, 6) is -1.04. The lowest BCUT2D eigenvalue weighted by molar-refractivity contribution is -0.124. The Labute approximate surface area is 148 Å². The van der Waals surface area contributed by atoms with Gasteiger partial charge in [0.15, 0.2) is 0 Å². The van der Waals surface area contributed by atoms with E-state index in [0.29, 0.717) is 22.0 Å². The summed E-state index contributed by atoms with van der Waals surface area (Å²) < 4.78 is 0. The van der Waals surface area contributed by atoms with E-state index in [9.17, 15) is 14.4 Å². The van der Waals surface area contributed by atoms with Crippen LogP contribution in [0.2, 0.25) is 5.02 Å². The van der Waals surface area contributed by atoms with Gasteiger partial charge >= 0.3 is 0 Å². The van der Waals surface area contributed by atoms with Gasteiger partial charge in [-0.1, -0.05) is 29.8 Å². The summed E-state index contributed by atoms with van der Waals surface area (Å²) in [4.78, 5) is 39.4. The van der Waals surface area contributed by atoms with Gasteiger partial charge in [0, 0.05) is 23.6 Å². The van der Waals surface area contributed by atoms with Crippen LogP contribution in [0.15, 0.2) is 48.5 Å². The molecular formula is C18H14ClN3O3. The van der Waals surface area contributed by atoms with E-state index in [1.165, 1.54) is 4.90 Å². The number of carbonyl (C=O) groups excluding carboxylic acids is 3. The number of para-hydroxylation sites is 1. The first-order valence-corrected chi connectivity index (χ1v) is 8.21. The Morgan fingerprint density at radius 2 is 1.96 bits per heavy atom. The van der Waals surface area contributed by atoms with Gasteiger partial charge in [-0.15, -0.1) is 0 Å². The Balaban J connectivity index is 1.76. The summed E-state index contributed by atoms with van der Waals surface area (Å²) in [7, 11) is 0. The van der Waals surface area contributed by atoms with Crippen molar-refractivity contribution in [3.05, 3.63) is 59.1 Å². The molecule has 2 aliphatic rings. The van der Waals surface area contributed by atoms with Crippen LogP contribution < -0.4 is 15.5 Å². The molecule has 126 valence electrons. The van der Waals surface area contributed by atoms with Gasteiger partial charge in [0.25, 0.3) is 11.8 Å². The van der Waals surface area contributed by atoms with Crippen LogP contribution in [-0.2, 0) is 9.59 Å². The first-order valence-electron chi connectivity index (χ1n) is 7.83. The first kappa shape index (κ1) is 15.7. The molecule has 0 unspecified atom stereocenters. The molecule has 0 saturated carbocycles. The van der Waals surface area contributed by atoms with Crippen molar-refractivity contribution in [2.75, 3.05) is 10.2 Å². The van der Waals surface area contributed by atoms with Gasteiger partial charge in [-0.05, 0) is 30.3 Å². The molecule has 0 spiro atoms. The standard InChI is InChI=1S/C18H14ClN3O3/c19-11-4-3-5-12(10-11)20-17(25)18-9-8-15(23)22(18)14-7-2-1-6-13(14)16(24)21-18/h1-7,10H,8-9H2,(H,20,25)(H,21,24)/t18-/m0/s1. The van der Waals surface area contributed by atoms with Gasteiger partial charge in [0.1, 0.15) is 0 Å². The lowest BCUT2D eigenvalue weighted by Crippen LogP contribution is -2.68. The fraction of sp³-hybridized carbons (Fsp3) is 0.167. The molecule has 0 bridgehead atoms. The molecule has 4 rings (SSSR count). The molecule has 1 fully saturated rings. The topological polar surface area (TPSA) is 78.5 Å². The minimum absolute atomic E-state index is 0.178. The molecule has 1 saturated heterocycles. The van der Waals surface area contributed by atoms with Crippen LogP contribution in [0.5, 0.6) is 0 Å². The Hall–Kier alpha value is -2.86. The predicted molar refractivity (Wildman–Crippen MR) is 93.4 cm³/mol. The van der Waals surface area contributed by atoms with Gasteiger partial charge < -0.3 is 10.6 Å². The number of anilines is 2. The van der Waals surface area contributed by atoms with Crippen LogP contribution >= 0.6 is 11.6 Å². The molecule has 2 aromatic carbocycles. The molecule has 2 aliphatic heterocycles. The lowest BCUT2D eigenvalue weighted by Gasteiger charge is -2.41. The van der Waals surface area contributed by atoms with Gasteiger partial charge in [0.05, 0.1) is 11.3 Å². The number of hydrogen-bond acceptors (Lipinski definition) is 3. The molecule has 2 N–H and O–H groups in total. The molecule has 0 aliphatic carbocycles. The number of hydrogen-bond donors (Lipinski definition) is 2. The van der Waals surface area contributed by atoms with Crippen LogP contribution in [0, 0.1) is 0 Å². The largest absolute Gasteiger partial charge is 0.322 e. The summed E-state index contributed by atoms with van der Waals surface area (Å²) in [6.45, 7) is 0. The van der Waals surface area contributed by atoms with Crippen LogP contribution in [0.25, 0.3) is 0 Å². The van der Waals surface area contributed by atoms with E-state index >= 15 is 0 Å². The van der Waals surface area contributed by atoms with Crippen molar-refractivity contribution in [2.45, 2.75) is 18.5 Å². The second-order valence-electron chi connectivity index (χ2n) is 6.03. The Bertz CT molecular complexity index is 914. The maximum Gasteiger partial charge on any atom is 0.271 e. The van der Waals surface area contributed by atoms with E-state index < -0.39 is 11.6 Å². The zero-order valence-corrected chi connectivity index (χ0v) is 13.8. The average Bonchev–Trinajstić information content (AvgIpc) is 2.93. The zero-order chi connectivity index (χ0) is 17.6. The molecule has 3 amide bonds.